The first-order chi connectivity index (χ1) is 9.16. The highest BCUT2D eigenvalue weighted by Gasteiger charge is 2.20. The zero-order valence-electron chi connectivity index (χ0n) is 11.4. The summed E-state index contributed by atoms with van der Waals surface area (Å²) in [4.78, 5) is 14.3. The van der Waals surface area contributed by atoms with E-state index in [9.17, 15) is 4.79 Å². The van der Waals surface area contributed by atoms with Crippen molar-refractivity contribution in [1.82, 2.24) is 4.90 Å². The average Bonchev–Trinajstić information content (AvgIpc) is 2.84. The number of nitrogens with zero attached hydrogens (tertiary/aromatic N) is 2. The molecule has 0 radical (unpaired) electrons. The third kappa shape index (κ3) is 3.96. The van der Waals surface area contributed by atoms with E-state index in [1.165, 1.54) is 5.03 Å². The fraction of sp³-hybridized carbons (Fsp3) is 0.333. The van der Waals surface area contributed by atoms with Crippen LogP contribution in [0.2, 0.25) is 0 Å². The van der Waals surface area contributed by atoms with Crippen molar-refractivity contribution in [2.45, 2.75) is 0 Å². The van der Waals surface area contributed by atoms with E-state index in [0.29, 0.717) is 6.54 Å². The number of ketones is 1. The first-order valence-electron chi connectivity index (χ1n) is 6.34. The normalized spacial score (nSPS) is 16.7. The maximum atomic E-state index is 12.2. The zero-order valence-corrected chi connectivity index (χ0v) is 12.2. The summed E-state index contributed by atoms with van der Waals surface area (Å²) in [6.07, 6.45) is 4.10. The summed E-state index contributed by atoms with van der Waals surface area (Å²) in [5.74, 6) is 1.23. The molecule has 0 bridgehead atoms. The van der Waals surface area contributed by atoms with Crippen LogP contribution in [0.25, 0.3) is 0 Å². The molecule has 1 saturated heterocycles. The Balaban J connectivity index is 2.04. The van der Waals surface area contributed by atoms with Crippen LogP contribution < -0.4 is 0 Å². The molecule has 1 aliphatic rings. The van der Waals surface area contributed by atoms with E-state index in [1.807, 2.05) is 55.2 Å². The maximum Gasteiger partial charge on any atom is 0.182 e. The van der Waals surface area contributed by atoms with Crippen molar-refractivity contribution in [2.24, 2.45) is 0 Å². The fourth-order valence-corrected chi connectivity index (χ4v) is 2.89. The van der Waals surface area contributed by atoms with Gasteiger partial charge in [0.2, 0.25) is 0 Å². The van der Waals surface area contributed by atoms with Gasteiger partial charge in [0.1, 0.15) is 14.1 Å². The molecular weight excluding hydrogens is 256 g/mol. The first-order valence-corrected chi connectivity index (χ1v) is 7.33. The largest absolute Gasteiger partial charge is 0.358 e. The van der Waals surface area contributed by atoms with Gasteiger partial charge in [0, 0.05) is 23.9 Å². The van der Waals surface area contributed by atoms with E-state index in [-0.39, 0.29) is 5.78 Å². The number of Topliss-reactive ketones (excluding diaryl/α,β-unsaturated/α-hetero) is 1. The number of carbonyl (C=O) groups is 1. The lowest BCUT2D eigenvalue weighted by atomic mass is 10.1. The van der Waals surface area contributed by atoms with Crippen LogP contribution in [0.5, 0.6) is 0 Å². The second kappa shape index (κ2) is 6.57. The molecule has 1 heterocycles. The van der Waals surface area contributed by atoms with Crippen LogP contribution >= 0.6 is 11.8 Å². The number of allylic oxidation sites excluding steroid dienone is 1. The molecule has 0 aromatic heterocycles. The third-order valence-electron chi connectivity index (χ3n) is 2.87. The molecule has 2 rings (SSSR count). The minimum absolute atomic E-state index is 0.179. The molecule has 1 aromatic carbocycles. The highest BCUT2D eigenvalue weighted by molar-refractivity contribution is 8.03. The molecule has 0 saturated carbocycles. The van der Waals surface area contributed by atoms with Crippen LogP contribution in [0.4, 0.5) is 0 Å². The van der Waals surface area contributed by atoms with Gasteiger partial charge in [-0.1, -0.05) is 30.3 Å². The van der Waals surface area contributed by atoms with Crippen molar-refractivity contribution in [3.8, 4) is 0 Å². The van der Waals surface area contributed by atoms with E-state index < -0.39 is 0 Å². The molecule has 1 aliphatic heterocycles. The Morgan fingerprint density at radius 3 is 2.79 bits per heavy atom. The van der Waals surface area contributed by atoms with Gasteiger partial charge in [-0.15, -0.1) is 11.8 Å². The van der Waals surface area contributed by atoms with Gasteiger partial charge in [-0.25, -0.2) is 4.58 Å². The quantitative estimate of drug-likeness (QED) is 0.477. The highest BCUT2D eigenvalue weighted by atomic mass is 32.2. The fourth-order valence-electron chi connectivity index (χ4n) is 1.87. The molecule has 0 aliphatic carbocycles. The molecule has 4 heteroatoms. The van der Waals surface area contributed by atoms with E-state index in [1.54, 1.807) is 11.8 Å². The predicted octanol–water partition coefficient (Wildman–Crippen LogP) is 2.10. The Morgan fingerprint density at radius 2 is 2.11 bits per heavy atom. The predicted molar refractivity (Wildman–Crippen MR) is 81.1 cm³/mol. The van der Waals surface area contributed by atoms with Crippen molar-refractivity contribution in [3.63, 3.8) is 0 Å². The molecule has 0 amide bonds. The number of thioether (sulfide) groups is 1. The number of benzene rings is 1. The smallest absolute Gasteiger partial charge is 0.182 e. The average molecular weight is 275 g/mol. The van der Waals surface area contributed by atoms with Crippen LogP contribution in [0.1, 0.15) is 10.4 Å². The SMILES string of the molecule is C[N+](C)=C/C=C1/SCCN1CC(=O)c1ccccc1. The summed E-state index contributed by atoms with van der Waals surface area (Å²) in [6, 6.07) is 9.49. The maximum absolute atomic E-state index is 12.2. The van der Waals surface area contributed by atoms with Crippen molar-refractivity contribution in [1.29, 1.82) is 0 Å². The van der Waals surface area contributed by atoms with Gasteiger partial charge in [0.05, 0.1) is 11.6 Å². The minimum atomic E-state index is 0.179. The number of hydrogen-bond acceptors (Lipinski definition) is 3. The van der Waals surface area contributed by atoms with Crippen molar-refractivity contribution >= 4 is 23.8 Å². The molecule has 3 nitrogen and oxygen atoms in total. The Labute approximate surface area is 118 Å². The monoisotopic (exact) mass is 275 g/mol. The molecule has 1 aromatic rings. The van der Waals surface area contributed by atoms with E-state index in [0.717, 1.165) is 17.9 Å². The molecule has 0 unspecified atom stereocenters. The van der Waals surface area contributed by atoms with E-state index >= 15 is 0 Å². The molecular formula is C15H19N2OS+. The van der Waals surface area contributed by atoms with Crippen molar-refractivity contribution in [2.75, 3.05) is 32.9 Å². The molecule has 100 valence electrons. The van der Waals surface area contributed by atoms with Crippen LogP contribution in [-0.4, -0.2) is 54.4 Å². The van der Waals surface area contributed by atoms with Crippen LogP contribution in [0, 0.1) is 0 Å². The standard InChI is InChI=1S/C15H19N2OS/c1-16(2)9-8-15-17(10-11-19-15)12-14(18)13-6-4-3-5-7-13/h3-9H,10-12H2,1-2H3/q+1. The van der Waals surface area contributed by atoms with Gasteiger partial charge >= 0.3 is 0 Å². The Bertz CT molecular complexity index is 504. The van der Waals surface area contributed by atoms with Gasteiger partial charge in [-0.3, -0.25) is 4.79 Å². The Morgan fingerprint density at radius 1 is 1.37 bits per heavy atom. The van der Waals surface area contributed by atoms with Gasteiger partial charge in [0.25, 0.3) is 0 Å². The van der Waals surface area contributed by atoms with Crippen molar-refractivity contribution in [3.05, 3.63) is 47.0 Å². The van der Waals surface area contributed by atoms with E-state index in [4.69, 9.17) is 0 Å². The number of rotatable bonds is 4. The summed E-state index contributed by atoms with van der Waals surface area (Å²) >= 11 is 1.81. The van der Waals surface area contributed by atoms with Crippen LogP contribution in [0.3, 0.4) is 0 Å². The molecule has 0 N–H and O–H groups in total. The number of carbonyl (C=O) groups excluding carboxylic acids is 1. The van der Waals surface area contributed by atoms with E-state index in [2.05, 4.69) is 11.0 Å². The summed E-state index contributed by atoms with van der Waals surface area (Å²) < 4.78 is 2.00. The lowest BCUT2D eigenvalue weighted by Crippen LogP contribution is -2.26. The summed E-state index contributed by atoms with van der Waals surface area (Å²) in [5, 5.41) is 1.18. The molecule has 0 spiro atoms. The highest BCUT2D eigenvalue weighted by Crippen LogP contribution is 2.27. The van der Waals surface area contributed by atoms with Crippen LogP contribution in [0.15, 0.2) is 41.4 Å². The molecule has 19 heavy (non-hydrogen) atoms. The van der Waals surface area contributed by atoms with Gasteiger partial charge in [-0.2, -0.15) is 0 Å². The van der Waals surface area contributed by atoms with Gasteiger partial charge in [0.15, 0.2) is 12.0 Å². The Hall–Kier alpha value is -1.55. The topological polar surface area (TPSA) is 23.3 Å². The Kier molecular flexibility index (Phi) is 4.80. The third-order valence-corrected chi connectivity index (χ3v) is 3.95. The summed E-state index contributed by atoms with van der Waals surface area (Å²) in [6.45, 7) is 1.40. The van der Waals surface area contributed by atoms with Crippen LogP contribution in [-0.2, 0) is 0 Å². The second-order valence-corrected chi connectivity index (χ2v) is 5.79. The zero-order chi connectivity index (χ0) is 13.7. The molecule has 0 atom stereocenters. The van der Waals surface area contributed by atoms with Gasteiger partial charge < -0.3 is 4.90 Å². The summed E-state index contributed by atoms with van der Waals surface area (Å²) in [7, 11) is 3.99. The molecule has 1 fully saturated rings. The van der Waals surface area contributed by atoms with Crippen molar-refractivity contribution < 1.29 is 9.37 Å². The van der Waals surface area contributed by atoms with Gasteiger partial charge in [-0.05, 0) is 0 Å². The lowest BCUT2D eigenvalue weighted by Gasteiger charge is -2.17. The number of hydrogen-bond donors (Lipinski definition) is 0. The summed E-state index contributed by atoms with van der Waals surface area (Å²) in [5.41, 5.74) is 0.787. The minimum Gasteiger partial charge on any atom is -0.358 e. The second-order valence-electron chi connectivity index (χ2n) is 4.68. The lowest BCUT2D eigenvalue weighted by molar-refractivity contribution is -0.458. The first kappa shape index (κ1) is 13.9.